The molecule has 3 aliphatic heterocycles. The fraction of sp³-hybridized carbons (Fsp3) is 0.207. The van der Waals surface area contributed by atoms with Crippen molar-refractivity contribution in [2.45, 2.75) is 12.1 Å². The number of para-hydroxylation sites is 2. The summed E-state index contributed by atoms with van der Waals surface area (Å²) in [6.45, 7) is 0. The number of carbonyl (C=O) groups excluding carboxylic acids is 3. The highest BCUT2D eigenvalue weighted by molar-refractivity contribution is 6.25. The number of carbonyl (C=O) groups is 3. The van der Waals surface area contributed by atoms with Gasteiger partial charge in [0.2, 0.25) is 17.7 Å². The van der Waals surface area contributed by atoms with Gasteiger partial charge < -0.3 is 19.7 Å². The van der Waals surface area contributed by atoms with Crippen LogP contribution < -0.4 is 24.6 Å². The molecule has 0 bridgehead atoms. The predicted octanol–water partition coefficient (Wildman–Crippen LogP) is 3.73. The third kappa shape index (κ3) is 3.48. The fourth-order valence-electron chi connectivity index (χ4n) is 5.76. The summed E-state index contributed by atoms with van der Waals surface area (Å²) >= 11 is 0. The average molecular weight is 496 g/mol. The maximum atomic E-state index is 14.0. The van der Waals surface area contributed by atoms with E-state index in [1.807, 2.05) is 47.4 Å². The molecule has 3 aliphatic rings. The summed E-state index contributed by atoms with van der Waals surface area (Å²) in [7, 11) is 3.05. The Labute approximate surface area is 214 Å². The third-order valence-electron chi connectivity index (χ3n) is 7.36. The molecule has 0 aromatic heterocycles. The Morgan fingerprint density at radius 3 is 2.35 bits per heavy atom. The van der Waals surface area contributed by atoms with Gasteiger partial charge in [0.05, 0.1) is 43.5 Å². The fourth-order valence-corrected chi connectivity index (χ4v) is 5.76. The molecule has 186 valence electrons. The molecule has 0 spiro atoms. The molecule has 2 saturated heterocycles. The van der Waals surface area contributed by atoms with Crippen LogP contribution in [0.1, 0.15) is 5.56 Å². The molecule has 1 N–H and O–H groups in total. The SMILES string of the molecule is COc1ccc(OC)c(NC(=O)[C@@H]2[C@@H]3C(=O)N(c4ccccc4)C(=O)[C@@H]3[C@@H]3C=Cc4ccccc4N23)c1. The zero-order chi connectivity index (χ0) is 25.7. The van der Waals surface area contributed by atoms with Gasteiger partial charge in [-0.1, -0.05) is 48.6 Å². The van der Waals surface area contributed by atoms with Gasteiger partial charge in [0.1, 0.15) is 17.5 Å². The summed E-state index contributed by atoms with van der Waals surface area (Å²) < 4.78 is 10.8. The first-order chi connectivity index (χ1) is 18.0. The van der Waals surface area contributed by atoms with Gasteiger partial charge in [0.25, 0.3) is 0 Å². The lowest BCUT2D eigenvalue weighted by molar-refractivity contribution is -0.126. The van der Waals surface area contributed by atoms with Crippen molar-refractivity contribution in [1.29, 1.82) is 0 Å². The van der Waals surface area contributed by atoms with Crippen LogP contribution in [0.2, 0.25) is 0 Å². The molecule has 8 nitrogen and oxygen atoms in total. The summed E-state index contributed by atoms with van der Waals surface area (Å²) in [6, 6.07) is 20.3. The van der Waals surface area contributed by atoms with Crippen LogP contribution in [0, 0.1) is 11.8 Å². The molecular weight excluding hydrogens is 470 g/mol. The maximum Gasteiger partial charge on any atom is 0.248 e. The van der Waals surface area contributed by atoms with Gasteiger partial charge in [-0.2, -0.15) is 0 Å². The Balaban J connectivity index is 1.44. The Morgan fingerprint density at radius 1 is 0.865 bits per heavy atom. The third-order valence-corrected chi connectivity index (χ3v) is 7.36. The van der Waals surface area contributed by atoms with Crippen LogP contribution in [0.3, 0.4) is 0 Å². The van der Waals surface area contributed by atoms with E-state index in [9.17, 15) is 14.4 Å². The highest BCUT2D eigenvalue weighted by Crippen LogP contribution is 2.49. The molecule has 0 aliphatic carbocycles. The molecule has 0 unspecified atom stereocenters. The van der Waals surface area contributed by atoms with Gasteiger partial charge in [-0.25, -0.2) is 4.90 Å². The summed E-state index contributed by atoms with van der Waals surface area (Å²) in [6.07, 6.45) is 3.89. The van der Waals surface area contributed by atoms with Crippen molar-refractivity contribution >= 4 is 40.9 Å². The zero-order valence-electron chi connectivity index (χ0n) is 20.3. The number of methoxy groups -OCH3 is 2. The lowest BCUT2D eigenvalue weighted by Gasteiger charge is -2.36. The van der Waals surface area contributed by atoms with E-state index in [-0.39, 0.29) is 11.8 Å². The number of benzene rings is 3. The first kappa shape index (κ1) is 22.8. The van der Waals surface area contributed by atoms with Gasteiger partial charge in [-0.3, -0.25) is 14.4 Å². The van der Waals surface area contributed by atoms with Crippen molar-refractivity contribution in [3.8, 4) is 11.5 Å². The van der Waals surface area contributed by atoms with E-state index in [1.54, 1.807) is 42.5 Å². The van der Waals surface area contributed by atoms with Crippen LogP contribution >= 0.6 is 0 Å². The number of nitrogens with zero attached hydrogens (tertiary/aromatic N) is 2. The minimum Gasteiger partial charge on any atom is -0.497 e. The Kier molecular flexibility index (Phi) is 5.44. The zero-order valence-corrected chi connectivity index (χ0v) is 20.3. The van der Waals surface area contributed by atoms with E-state index < -0.39 is 29.8 Å². The van der Waals surface area contributed by atoms with E-state index >= 15 is 0 Å². The summed E-state index contributed by atoms with van der Waals surface area (Å²) in [5, 5.41) is 2.95. The molecule has 0 saturated carbocycles. The molecule has 37 heavy (non-hydrogen) atoms. The quantitative estimate of drug-likeness (QED) is 0.543. The lowest BCUT2D eigenvalue weighted by atomic mass is 9.88. The molecule has 8 heteroatoms. The van der Waals surface area contributed by atoms with Gasteiger partial charge in [0, 0.05) is 11.8 Å². The number of hydrogen-bond acceptors (Lipinski definition) is 6. The van der Waals surface area contributed by atoms with Crippen molar-refractivity contribution in [3.05, 3.63) is 84.4 Å². The molecular formula is C29H25N3O5. The number of ether oxygens (including phenoxy) is 2. The first-order valence-corrected chi connectivity index (χ1v) is 12.0. The Bertz CT molecular complexity index is 1440. The Morgan fingerprint density at radius 2 is 1.59 bits per heavy atom. The number of anilines is 3. The normalized spacial score (nSPS) is 23.4. The molecule has 2 fully saturated rings. The lowest BCUT2D eigenvalue weighted by Crippen LogP contribution is -2.50. The molecule has 6 rings (SSSR count). The Hall–Kier alpha value is -4.59. The van der Waals surface area contributed by atoms with Gasteiger partial charge in [0.15, 0.2) is 0 Å². The topological polar surface area (TPSA) is 88.2 Å². The molecule has 3 aromatic carbocycles. The minimum absolute atomic E-state index is 0.297. The average Bonchev–Trinajstić information content (AvgIpc) is 3.41. The standard InChI is InChI=1S/C29H25N3O5/c1-36-19-13-15-23(37-2)20(16-19)30-27(33)26-25-24(22-14-12-17-8-6-7-11-21(17)32(22)26)28(34)31(29(25)35)18-9-4-3-5-10-18/h3-16,22,24-26H,1-2H3,(H,30,33)/t22-,24+,25+,26-/m0/s1. The minimum atomic E-state index is -0.915. The van der Waals surface area contributed by atoms with Crippen molar-refractivity contribution in [1.82, 2.24) is 0 Å². The smallest absolute Gasteiger partial charge is 0.248 e. The van der Waals surface area contributed by atoms with E-state index in [1.165, 1.54) is 19.1 Å². The second kappa shape index (κ2) is 8.81. The molecule has 3 heterocycles. The van der Waals surface area contributed by atoms with Crippen LogP contribution in [0.4, 0.5) is 17.1 Å². The second-order valence-corrected chi connectivity index (χ2v) is 9.22. The van der Waals surface area contributed by atoms with Crippen LogP contribution in [0.5, 0.6) is 11.5 Å². The second-order valence-electron chi connectivity index (χ2n) is 9.22. The van der Waals surface area contributed by atoms with Gasteiger partial charge in [-0.05, 0) is 35.9 Å². The van der Waals surface area contributed by atoms with Crippen LogP contribution in [-0.2, 0) is 14.4 Å². The molecule has 0 radical (unpaired) electrons. The highest BCUT2D eigenvalue weighted by atomic mass is 16.5. The van der Waals surface area contributed by atoms with E-state index in [2.05, 4.69) is 5.32 Å². The number of fused-ring (bicyclic) bond motifs is 5. The molecule has 3 amide bonds. The monoisotopic (exact) mass is 495 g/mol. The summed E-state index contributed by atoms with van der Waals surface area (Å²) in [4.78, 5) is 44.8. The largest absolute Gasteiger partial charge is 0.497 e. The maximum absolute atomic E-state index is 14.0. The highest BCUT2D eigenvalue weighted by Gasteiger charge is 2.64. The molecule has 4 atom stereocenters. The summed E-state index contributed by atoms with van der Waals surface area (Å²) in [5.74, 6) is -1.62. The first-order valence-electron chi connectivity index (χ1n) is 12.0. The number of hydrogen-bond donors (Lipinski definition) is 1. The predicted molar refractivity (Wildman–Crippen MR) is 140 cm³/mol. The van der Waals surface area contributed by atoms with Crippen LogP contribution in [0.25, 0.3) is 6.08 Å². The van der Waals surface area contributed by atoms with Crippen molar-refractivity contribution in [3.63, 3.8) is 0 Å². The van der Waals surface area contributed by atoms with E-state index in [4.69, 9.17) is 9.47 Å². The van der Waals surface area contributed by atoms with Crippen molar-refractivity contribution < 1.29 is 23.9 Å². The van der Waals surface area contributed by atoms with Crippen molar-refractivity contribution in [2.24, 2.45) is 11.8 Å². The van der Waals surface area contributed by atoms with Gasteiger partial charge >= 0.3 is 0 Å². The number of imide groups is 1. The summed E-state index contributed by atoms with van der Waals surface area (Å²) in [5.41, 5.74) is 2.67. The van der Waals surface area contributed by atoms with Crippen molar-refractivity contribution in [2.75, 3.05) is 29.3 Å². The van der Waals surface area contributed by atoms with E-state index in [0.29, 0.717) is 22.9 Å². The molecule has 3 aromatic rings. The number of amides is 3. The van der Waals surface area contributed by atoms with Crippen LogP contribution in [0.15, 0.2) is 78.9 Å². The number of rotatable bonds is 5. The number of nitrogens with one attached hydrogen (secondary N) is 1. The van der Waals surface area contributed by atoms with Crippen LogP contribution in [-0.4, -0.2) is 44.0 Å². The van der Waals surface area contributed by atoms with Gasteiger partial charge in [-0.15, -0.1) is 0 Å². The van der Waals surface area contributed by atoms with E-state index in [0.717, 1.165) is 11.3 Å².